The molecule has 0 saturated heterocycles. The minimum absolute atomic E-state index is 0.0956. The molecular formula is C13H13BrF5NO. The maximum Gasteiger partial charge on any atom is 0.260 e. The first-order valence-electron chi connectivity index (χ1n) is 6.23. The van der Waals surface area contributed by atoms with Gasteiger partial charge < -0.3 is 4.90 Å². The van der Waals surface area contributed by atoms with E-state index in [9.17, 15) is 26.7 Å². The van der Waals surface area contributed by atoms with Crippen LogP contribution in [0.4, 0.5) is 22.0 Å². The monoisotopic (exact) mass is 373 g/mol. The third kappa shape index (κ3) is 3.72. The van der Waals surface area contributed by atoms with Crippen LogP contribution in [0.3, 0.4) is 0 Å². The molecule has 0 N–H and O–H groups in total. The highest BCUT2D eigenvalue weighted by Gasteiger charge is 2.31. The van der Waals surface area contributed by atoms with Crippen molar-refractivity contribution in [1.82, 2.24) is 4.90 Å². The molecule has 0 heterocycles. The Morgan fingerprint density at radius 3 is 1.86 bits per heavy atom. The van der Waals surface area contributed by atoms with E-state index in [1.807, 2.05) is 6.92 Å². The van der Waals surface area contributed by atoms with Crippen LogP contribution in [0.2, 0.25) is 0 Å². The van der Waals surface area contributed by atoms with E-state index in [1.165, 1.54) is 0 Å². The first-order valence-corrected chi connectivity index (χ1v) is 7.35. The van der Waals surface area contributed by atoms with Crippen LogP contribution >= 0.6 is 15.9 Å². The fraction of sp³-hybridized carbons (Fsp3) is 0.462. The number of halogens is 6. The molecule has 0 bridgehead atoms. The molecule has 0 aliphatic heterocycles. The average Bonchev–Trinajstić information content (AvgIpc) is 2.47. The van der Waals surface area contributed by atoms with Crippen LogP contribution in [0.1, 0.15) is 30.1 Å². The van der Waals surface area contributed by atoms with Gasteiger partial charge in [0.05, 0.1) is 0 Å². The van der Waals surface area contributed by atoms with Gasteiger partial charge in [-0.15, -0.1) is 0 Å². The Bertz CT molecular complexity index is 509. The molecule has 0 aliphatic carbocycles. The molecule has 0 spiro atoms. The number of hydrogen-bond acceptors (Lipinski definition) is 1. The first-order chi connectivity index (χ1) is 9.86. The Hall–Kier alpha value is -1.18. The maximum absolute atomic E-state index is 13.6. The van der Waals surface area contributed by atoms with Crippen LogP contribution in [0.15, 0.2) is 0 Å². The predicted molar refractivity (Wildman–Crippen MR) is 70.8 cm³/mol. The molecule has 21 heavy (non-hydrogen) atoms. The summed E-state index contributed by atoms with van der Waals surface area (Å²) in [6, 6.07) is 0. The van der Waals surface area contributed by atoms with Crippen molar-refractivity contribution in [2.24, 2.45) is 0 Å². The second-order valence-corrected chi connectivity index (χ2v) is 5.07. The highest BCUT2D eigenvalue weighted by Crippen LogP contribution is 2.24. The fourth-order valence-corrected chi connectivity index (χ4v) is 2.14. The number of rotatable bonds is 6. The highest BCUT2D eigenvalue weighted by atomic mass is 79.9. The molecule has 1 aromatic carbocycles. The molecule has 1 amide bonds. The van der Waals surface area contributed by atoms with Gasteiger partial charge in [0, 0.05) is 18.4 Å². The van der Waals surface area contributed by atoms with E-state index in [2.05, 4.69) is 15.9 Å². The Labute approximate surface area is 127 Å². The van der Waals surface area contributed by atoms with Crippen LogP contribution < -0.4 is 0 Å². The zero-order valence-electron chi connectivity index (χ0n) is 11.2. The molecule has 118 valence electrons. The second kappa shape index (κ2) is 7.72. The Morgan fingerprint density at radius 2 is 1.43 bits per heavy atom. The van der Waals surface area contributed by atoms with E-state index in [-0.39, 0.29) is 13.1 Å². The largest absolute Gasteiger partial charge is 0.338 e. The van der Waals surface area contributed by atoms with Crippen molar-refractivity contribution >= 4 is 21.8 Å². The summed E-state index contributed by atoms with van der Waals surface area (Å²) in [6.45, 7) is 2.11. The predicted octanol–water partition coefficient (Wildman–Crippen LogP) is 4.02. The smallest absolute Gasteiger partial charge is 0.260 e. The average molecular weight is 374 g/mol. The number of unbranched alkanes of at least 4 members (excludes halogenated alkanes) is 1. The third-order valence-electron chi connectivity index (χ3n) is 2.85. The minimum atomic E-state index is -2.28. The van der Waals surface area contributed by atoms with E-state index in [0.717, 1.165) is 4.90 Å². The second-order valence-electron chi connectivity index (χ2n) is 4.28. The van der Waals surface area contributed by atoms with Crippen molar-refractivity contribution in [1.29, 1.82) is 0 Å². The number of carbonyl (C=O) groups excluding carboxylic acids is 1. The molecule has 0 atom stereocenters. The number of alkyl halides is 1. The van der Waals surface area contributed by atoms with Gasteiger partial charge in [-0.05, 0) is 6.42 Å². The molecule has 0 aromatic heterocycles. The SMILES string of the molecule is CCCCN(CCBr)C(=O)c1c(F)c(F)c(F)c(F)c1F. The van der Waals surface area contributed by atoms with Gasteiger partial charge in [-0.2, -0.15) is 0 Å². The molecule has 0 fully saturated rings. The van der Waals surface area contributed by atoms with E-state index >= 15 is 0 Å². The summed E-state index contributed by atoms with van der Waals surface area (Å²) in [4.78, 5) is 13.1. The topological polar surface area (TPSA) is 20.3 Å². The fourth-order valence-electron chi connectivity index (χ4n) is 1.72. The van der Waals surface area contributed by atoms with Crippen molar-refractivity contribution < 1.29 is 26.7 Å². The summed E-state index contributed by atoms with van der Waals surface area (Å²) in [6.07, 6.45) is 1.26. The van der Waals surface area contributed by atoms with Gasteiger partial charge in [0.25, 0.3) is 5.91 Å². The van der Waals surface area contributed by atoms with E-state index < -0.39 is 40.6 Å². The molecule has 2 nitrogen and oxygen atoms in total. The zero-order chi connectivity index (χ0) is 16.2. The molecule has 0 aliphatic rings. The molecule has 1 aromatic rings. The normalized spacial score (nSPS) is 10.8. The zero-order valence-corrected chi connectivity index (χ0v) is 12.7. The van der Waals surface area contributed by atoms with Crippen LogP contribution in [-0.4, -0.2) is 29.2 Å². The van der Waals surface area contributed by atoms with Crippen molar-refractivity contribution in [3.63, 3.8) is 0 Å². The lowest BCUT2D eigenvalue weighted by Crippen LogP contribution is -2.35. The molecule has 0 saturated carbocycles. The number of amides is 1. The van der Waals surface area contributed by atoms with Crippen LogP contribution in [0, 0.1) is 29.1 Å². The Balaban J connectivity index is 3.27. The van der Waals surface area contributed by atoms with Gasteiger partial charge in [-0.3, -0.25) is 4.79 Å². The van der Waals surface area contributed by atoms with Crippen LogP contribution in [0.25, 0.3) is 0 Å². The summed E-state index contributed by atoms with van der Waals surface area (Å²) >= 11 is 3.07. The van der Waals surface area contributed by atoms with Gasteiger partial charge in [0.2, 0.25) is 5.82 Å². The summed E-state index contributed by atoms with van der Waals surface area (Å²) < 4.78 is 66.4. The summed E-state index contributed by atoms with van der Waals surface area (Å²) in [7, 11) is 0. The molecule has 0 radical (unpaired) electrons. The molecule has 0 unspecified atom stereocenters. The third-order valence-corrected chi connectivity index (χ3v) is 3.20. The van der Waals surface area contributed by atoms with Gasteiger partial charge >= 0.3 is 0 Å². The van der Waals surface area contributed by atoms with E-state index in [1.54, 1.807) is 0 Å². The van der Waals surface area contributed by atoms with Gasteiger partial charge in [-0.1, -0.05) is 29.3 Å². The lowest BCUT2D eigenvalue weighted by atomic mass is 10.1. The van der Waals surface area contributed by atoms with Gasteiger partial charge in [-0.25, -0.2) is 22.0 Å². The van der Waals surface area contributed by atoms with Crippen molar-refractivity contribution in [3.05, 3.63) is 34.6 Å². The quantitative estimate of drug-likeness (QED) is 0.319. The minimum Gasteiger partial charge on any atom is -0.338 e. The standard InChI is InChI=1S/C13H13BrF5NO/c1-2-3-5-20(6-4-14)13(21)7-8(15)10(17)12(19)11(18)9(7)16/h2-6H2,1H3. The van der Waals surface area contributed by atoms with Crippen molar-refractivity contribution in [2.75, 3.05) is 18.4 Å². The van der Waals surface area contributed by atoms with E-state index in [4.69, 9.17) is 0 Å². The molecule has 1 rings (SSSR count). The maximum atomic E-state index is 13.6. The van der Waals surface area contributed by atoms with Crippen LogP contribution in [0.5, 0.6) is 0 Å². The highest BCUT2D eigenvalue weighted by molar-refractivity contribution is 9.09. The van der Waals surface area contributed by atoms with Crippen molar-refractivity contribution in [2.45, 2.75) is 19.8 Å². The summed E-state index contributed by atoms with van der Waals surface area (Å²) in [5, 5.41) is 0.317. The van der Waals surface area contributed by atoms with Gasteiger partial charge in [0.1, 0.15) is 5.56 Å². The Kier molecular flexibility index (Phi) is 6.57. The molecule has 8 heteroatoms. The molecular weight excluding hydrogens is 361 g/mol. The lowest BCUT2D eigenvalue weighted by Gasteiger charge is -2.22. The number of nitrogens with zero attached hydrogens (tertiary/aromatic N) is 1. The summed E-state index contributed by atoms with van der Waals surface area (Å²) in [5.74, 6) is -11.9. The van der Waals surface area contributed by atoms with Crippen LogP contribution in [-0.2, 0) is 0 Å². The Morgan fingerprint density at radius 1 is 0.952 bits per heavy atom. The van der Waals surface area contributed by atoms with Gasteiger partial charge in [0.15, 0.2) is 23.3 Å². The number of carbonyl (C=O) groups is 1. The number of benzene rings is 1. The lowest BCUT2D eigenvalue weighted by molar-refractivity contribution is 0.0751. The number of hydrogen-bond donors (Lipinski definition) is 0. The van der Waals surface area contributed by atoms with E-state index in [0.29, 0.717) is 18.2 Å². The summed E-state index contributed by atoms with van der Waals surface area (Å²) in [5.41, 5.74) is -1.41. The first kappa shape index (κ1) is 17.9. The van der Waals surface area contributed by atoms with Crippen molar-refractivity contribution in [3.8, 4) is 0 Å².